The molecule has 1 atom stereocenters. The van der Waals surface area contributed by atoms with Gasteiger partial charge in [0, 0.05) is 19.2 Å². The molecule has 1 aromatic rings. The minimum Gasteiger partial charge on any atom is -0.478 e. The van der Waals surface area contributed by atoms with Crippen LogP contribution < -0.4 is 10.6 Å². The monoisotopic (exact) mass is 308 g/mol. The Kier molecular flexibility index (Phi) is 4.85. The topological polar surface area (TPSA) is 83.6 Å². The zero-order valence-corrected chi connectivity index (χ0v) is 12.2. The van der Waals surface area contributed by atoms with E-state index in [-0.39, 0.29) is 11.8 Å². The maximum atomic E-state index is 11.3. The Morgan fingerprint density at radius 2 is 2.19 bits per heavy atom. The highest BCUT2D eigenvalue weighted by molar-refractivity contribution is 6.33. The largest absolute Gasteiger partial charge is 0.478 e. The Hall–Kier alpha value is -2.01. The molecule has 3 N–H and O–H groups in total. The maximum Gasteiger partial charge on any atom is 0.328 e. The summed E-state index contributed by atoms with van der Waals surface area (Å²) in [4.78, 5) is 23.9. The molecule has 112 valence electrons. The average Bonchev–Trinajstić information content (AvgIpc) is 2.45. The van der Waals surface area contributed by atoms with Crippen molar-refractivity contribution in [3.63, 3.8) is 0 Å². The number of carbonyl (C=O) groups excluding carboxylic acids is 1. The molecule has 5 nitrogen and oxygen atoms in total. The van der Waals surface area contributed by atoms with Crippen LogP contribution in [0.1, 0.15) is 18.4 Å². The summed E-state index contributed by atoms with van der Waals surface area (Å²) in [5, 5.41) is 9.15. The van der Waals surface area contributed by atoms with Crippen molar-refractivity contribution >= 4 is 35.2 Å². The number of amides is 1. The van der Waals surface area contributed by atoms with Gasteiger partial charge in [-0.25, -0.2) is 4.79 Å². The van der Waals surface area contributed by atoms with E-state index in [1.54, 1.807) is 12.1 Å². The lowest BCUT2D eigenvalue weighted by molar-refractivity contribution is -0.131. The lowest BCUT2D eigenvalue weighted by Crippen LogP contribution is -2.41. The number of carboxylic acids is 1. The second kappa shape index (κ2) is 6.63. The average molecular weight is 309 g/mol. The molecule has 1 unspecified atom stereocenters. The van der Waals surface area contributed by atoms with Gasteiger partial charge in [0.25, 0.3) is 0 Å². The molecule has 1 aromatic carbocycles. The van der Waals surface area contributed by atoms with Gasteiger partial charge in [-0.1, -0.05) is 17.7 Å². The second-order valence-electron chi connectivity index (χ2n) is 5.07. The first-order valence-electron chi connectivity index (χ1n) is 6.72. The number of primary amides is 1. The van der Waals surface area contributed by atoms with E-state index in [2.05, 4.69) is 0 Å². The Morgan fingerprint density at radius 3 is 2.81 bits per heavy atom. The van der Waals surface area contributed by atoms with Gasteiger partial charge in [-0.3, -0.25) is 4.79 Å². The summed E-state index contributed by atoms with van der Waals surface area (Å²) in [5.41, 5.74) is 6.93. The SMILES string of the molecule is NC(=O)C1CCCN(c2ccc(/C=C/C(=O)O)cc2Cl)C1. The molecule has 1 aliphatic heterocycles. The first-order chi connectivity index (χ1) is 9.97. The number of hydrogen-bond acceptors (Lipinski definition) is 3. The fourth-order valence-electron chi connectivity index (χ4n) is 2.48. The Bertz CT molecular complexity index is 586. The van der Waals surface area contributed by atoms with Crippen LogP contribution in [-0.4, -0.2) is 30.1 Å². The third kappa shape index (κ3) is 3.98. The molecular formula is C15H17ClN2O3. The van der Waals surface area contributed by atoms with Crippen LogP contribution in [0, 0.1) is 5.92 Å². The standard InChI is InChI=1S/C15H17ClN2O3/c16-12-8-10(4-6-14(19)20)3-5-13(12)18-7-1-2-11(9-18)15(17)21/h3-6,8,11H,1-2,7,9H2,(H2,17,21)(H,19,20)/b6-4+. The number of nitrogens with zero attached hydrogens (tertiary/aromatic N) is 1. The number of hydrogen-bond donors (Lipinski definition) is 2. The van der Waals surface area contributed by atoms with Crippen molar-refractivity contribution in [3.05, 3.63) is 34.9 Å². The first-order valence-corrected chi connectivity index (χ1v) is 7.10. The number of anilines is 1. The van der Waals surface area contributed by atoms with E-state index in [9.17, 15) is 9.59 Å². The highest BCUT2D eigenvalue weighted by Gasteiger charge is 2.25. The molecule has 0 aliphatic carbocycles. The van der Waals surface area contributed by atoms with Crippen molar-refractivity contribution in [2.45, 2.75) is 12.8 Å². The van der Waals surface area contributed by atoms with Gasteiger partial charge >= 0.3 is 5.97 Å². The van der Waals surface area contributed by atoms with Crippen molar-refractivity contribution in [1.82, 2.24) is 0 Å². The van der Waals surface area contributed by atoms with E-state index in [1.165, 1.54) is 6.08 Å². The van der Waals surface area contributed by atoms with Crippen LogP contribution in [0.3, 0.4) is 0 Å². The van der Waals surface area contributed by atoms with Crippen LogP contribution in [0.2, 0.25) is 5.02 Å². The molecule has 21 heavy (non-hydrogen) atoms. The third-order valence-corrected chi connectivity index (χ3v) is 3.86. The molecule has 1 amide bonds. The van der Waals surface area contributed by atoms with Gasteiger partial charge in [0.1, 0.15) is 0 Å². The van der Waals surface area contributed by atoms with Crippen LogP contribution in [-0.2, 0) is 9.59 Å². The highest BCUT2D eigenvalue weighted by Crippen LogP contribution is 2.30. The molecule has 0 bridgehead atoms. The number of aliphatic carboxylic acids is 1. The lowest BCUT2D eigenvalue weighted by atomic mass is 9.97. The van der Waals surface area contributed by atoms with Crippen molar-refractivity contribution in [2.75, 3.05) is 18.0 Å². The summed E-state index contributed by atoms with van der Waals surface area (Å²) >= 11 is 6.27. The summed E-state index contributed by atoms with van der Waals surface area (Å²) in [5.74, 6) is -1.44. The normalized spacial score (nSPS) is 18.9. The van der Waals surface area contributed by atoms with Crippen LogP contribution in [0.25, 0.3) is 6.08 Å². The number of carboxylic acid groups (broad SMARTS) is 1. The van der Waals surface area contributed by atoms with E-state index in [1.807, 2.05) is 11.0 Å². The molecule has 0 spiro atoms. The van der Waals surface area contributed by atoms with Gasteiger partial charge in [-0.2, -0.15) is 0 Å². The van der Waals surface area contributed by atoms with Crippen molar-refractivity contribution in [3.8, 4) is 0 Å². The predicted molar refractivity (Wildman–Crippen MR) is 82.3 cm³/mol. The van der Waals surface area contributed by atoms with Gasteiger partial charge in [-0.05, 0) is 36.6 Å². The molecule has 0 saturated carbocycles. The quantitative estimate of drug-likeness (QED) is 0.835. The van der Waals surface area contributed by atoms with Gasteiger partial charge in [0.15, 0.2) is 0 Å². The molecule has 0 radical (unpaired) electrons. The summed E-state index contributed by atoms with van der Waals surface area (Å²) in [6.07, 6.45) is 4.25. The molecule has 1 saturated heterocycles. The van der Waals surface area contributed by atoms with E-state index < -0.39 is 5.97 Å². The Morgan fingerprint density at radius 1 is 1.43 bits per heavy atom. The number of rotatable bonds is 4. The predicted octanol–water partition coefficient (Wildman–Crippen LogP) is 2.14. The minimum absolute atomic E-state index is 0.151. The number of nitrogens with two attached hydrogens (primary N) is 1. The lowest BCUT2D eigenvalue weighted by Gasteiger charge is -2.33. The van der Waals surface area contributed by atoms with Gasteiger partial charge < -0.3 is 15.7 Å². The molecule has 1 aliphatic rings. The number of benzene rings is 1. The minimum atomic E-state index is -1.00. The summed E-state index contributed by atoms with van der Waals surface area (Å²) in [6, 6.07) is 5.35. The Balaban J connectivity index is 2.17. The van der Waals surface area contributed by atoms with E-state index >= 15 is 0 Å². The van der Waals surface area contributed by atoms with E-state index in [0.29, 0.717) is 11.6 Å². The van der Waals surface area contributed by atoms with Crippen LogP contribution >= 0.6 is 11.6 Å². The third-order valence-electron chi connectivity index (χ3n) is 3.55. The highest BCUT2D eigenvalue weighted by atomic mass is 35.5. The maximum absolute atomic E-state index is 11.3. The smallest absolute Gasteiger partial charge is 0.328 e. The van der Waals surface area contributed by atoms with Crippen LogP contribution in [0.4, 0.5) is 5.69 Å². The molecule has 0 aromatic heterocycles. The van der Waals surface area contributed by atoms with Gasteiger partial charge in [0.2, 0.25) is 5.91 Å². The van der Waals surface area contributed by atoms with Crippen LogP contribution in [0.15, 0.2) is 24.3 Å². The molecule has 1 fully saturated rings. The van der Waals surface area contributed by atoms with Crippen LogP contribution in [0.5, 0.6) is 0 Å². The summed E-state index contributed by atoms with van der Waals surface area (Å²) in [6.45, 7) is 1.40. The number of halogens is 1. The van der Waals surface area contributed by atoms with Crippen molar-refractivity contribution in [1.29, 1.82) is 0 Å². The fraction of sp³-hybridized carbons (Fsp3) is 0.333. The Labute approximate surface area is 128 Å². The second-order valence-corrected chi connectivity index (χ2v) is 5.48. The number of carbonyl (C=O) groups is 2. The van der Waals surface area contributed by atoms with E-state index in [0.717, 1.165) is 36.7 Å². The number of piperidine rings is 1. The molecule has 2 rings (SSSR count). The van der Waals surface area contributed by atoms with E-state index in [4.69, 9.17) is 22.4 Å². The van der Waals surface area contributed by atoms with Crippen molar-refractivity contribution < 1.29 is 14.7 Å². The summed E-state index contributed by atoms with van der Waals surface area (Å²) < 4.78 is 0. The summed E-state index contributed by atoms with van der Waals surface area (Å²) in [7, 11) is 0. The van der Waals surface area contributed by atoms with Gasteiger partial charge in [0.05, 0.1) is 16.6 Å². The molecule has 1 heterocycles. The molecular weight excluding hydrogens is 292 g/mol. The zero-order chi connectivity index (χ0) is 15.4. The van der Waals surface area contributed by atoms with Crippen molar-refractivity contribution in [2.24, 2.45) is 11.7 Å². The fourth-order valence-corrected chi connectivity index (χ4v) is 2.79. The first kappa shape index (κ1) is 15.4. The zero-order valence-electron chi connectivity index (χ0n) is 11.5. The van der Waals surface area contributed by atoms with Gasteiger partial charge in [-0.15, -0.1) is 0 Å². The molecule has 6 heteroatoms.